The van der Waals surface area contributed by atoms with Crippen LogP contribution in [0.3, 0.4) is 0 Å². The summed E-state index contributed by atoms with van der Waals surface area (Å²) < 4.78 is 6.85. The highest BCUT2D eigenvalue weighted by atomic mass is 79.9. The van der Waals surface area contributed by atoms with Gasteiger partial charge < -0.3 is 14.4 Å². The molecule has 2 unspecified atom stereocenters. The molecule has 20 heavy (non-hydrogen) atoms. The molecule has 0 aliphatic carbocycles. The summed E-state index contributed by atoms with van der Waals surface area (Å²) in [5.74, 6) is -1.01. The highest BCUT2D eigenvalue weighted by Gasteiger charge is 2.30. The molecule has 2 rings (SSSR count). The summed E-state index contributed by atoms with van der Waals surface area (Å²) in [7, 11) is 0. The van der Waals surface area contributed by atoms with Crippen molar-refractivity contribution in [2.24, 2.45) is 0 Å². The Morgan fingerprint density at radius 2 is 2.25 bits per heavy atom. The van der Waals surface area contributed by atoms with Gasteiger partial charge in [0.1, 0.15) is 0 Å². The maximum atomic E-state index is 11.5. The number of pyridine rings is 1. The molecule has 1 N–H and O–H groups in total. The van der Waals surface area contributed by atoms with E-state index in [1.807, 2.05) is 0 Å². The summed E-state index contributed by atoms with van der Waals surface area (Å²) >= 11 is 2.98. The Morgan fingerprint density at radius 1 is 1.55 bits per heavy atom. The number of nitrogens with zero attached hydrogens (tertiary/aromatic N) is 2. The molecule has 108 valence electrons. The predicted molar refractivity (Wildman–Crippen MR) is 70.6 cm³/mol. The molecule has 2 atom stereocenters. The van der Waals surface area contributed by atoms with E-state index in [-0.39, 0.29) is 17.1 Å². The second-order valence-corrected chi connectivity index (χ2v) is 5.29. The van der Waals surface area contributed by atoms with Gasteiger partial charge in [-0.2, -0.15) is 0 Å². The van der Waals surface area contributed by atoms with Gasteiger partial charge in [0.15, 0.2) is 6.10 Å². The van der Waals surface area contributed by atoms with Crippen LogP contribution in [0, 0.1) is 10.1 Å². The van der Waals surface area contributed by atoms with E-state index < -0.39 is 28.1 Å². The molecule has 1 fully saturated rings. The van der Waals surface area contributed by atoms with Crippen molar-refractivity contribution in [2.75, 3.05) is 0 Å². The lowest BCUT2D eigenvalue weighted by Gasteiger charge is -2.13. The van der Waals surface area contributed by atoms with Gasteiger partial charge in [-0.3, -0.25) is 14.9 Å². The molecular formula is C11H11BrN2O6. The Balaban J connectivity index is 2.17. The van der Waals surface area contributed by atoms with Gasteiger partial charge in [-0.25, -0.2) is 4.79 Å². The van der Waals surface area contributed by atoms with Gasteiger partial charge in [0.2, 0.25) is 0 Å². The fourth-order valence-electron chi connectivity index (χ4n) is 2.07. The van der Waals surface area contributed by atoms with Crippen molar-refractivity contribution >= 4 is 27.6 Å². The number of carboxylic acids is 1. The van der Waals surface area contributed by atoms with Crippen LogP contribution in [0.25, 0.3) is 0 Å². The third-order valence-corrected chi connectivity index (χ3v) is 3.58. The second kappa shape index (κ2) is 5.71. The van der Waals surface area contributed by atoms with Crippen molar-refractivity contribution in [1.82, 2.24) is 4.57 Å². The Hall–Kier alpha value is -1.74. The van der Waals surface area contributed by atoms with Crippen LogP contribution in [-0.2, 0) is 16.1 Å². The lowest BCUT2D eigenvalue weighted by molar-refractivity contribution is -0.386. The number of carboxylic acid groups (broad SMARTS) is 1. The lowest BCUT2D eigenvalue weighted by Crippen LogP contribution is -2.23. The molecule has 0 saturated carbocycles. The molecule has 2 heterocycles. The number of hydrogen-bond acceptors (Lipinski definition) is 5. The van der Waals surface area contributed by atoms with Gasteiger partial charge in [0.05, 0.1) is 21.7 Å². The van der Waals surface area contributed by atoms with E-state index in [9.17, 15) is 19.7 Å². The number of rotatable bonds is 4. The van der Waals surface area contributed by atoms with E-state index in [1.54, 1.807) is 0 Å². The minimum Gasteiger partial charge on any atom is -0.479 e. The zero-order valence-electron chi connectivity index (χ0n) is 10.2. The van der Waals surface area contributed by atoms with E-state index in [0.29, 0.717) is 12.8 Å². The zero-order chi connectivity index (χ0) is 14.9. The van der Waals surface area contributed by atoms with E-state index in [4.69, 9.17) is 9.84 Å². The number of nitro groups is 1. The molecule has 1 saturated heterocycles. The fraction of sp³-hybridized carbons (Fsp3) is 0.455. The minimum absolute atomic E-state index is 0.0829. The first-order chi connectivity index (χ1) is 9.38. The third-order valence-electron chi connectivity index (χ3n) is 3.01. The maximum Gasteiger partial charge on any atom is 0.333 e. The topological polar surface area (TPSA) is 112 Å². The van der Waals surface area contributed by atoms with Crippen LogP contribution < -0.4 is 5.43 Å². The quantitative estimate of drug-likeness (QED) is 0.646. The monoisotopic (exact) mass is 346 g/mol. The van der Waals surface area contributed by atoms with Crippen molar-refractivity contribution in [2.45, 2.75) is 31.6 Å². The molecule has 0 radical (unpaired) electrons. The summed E-state index contributed by atoms with van der Waals surface area (Å²) in [6, 6.07) is 0. The van der Waals surface area contributed by atoms with Crippen molar-refractivity contribution < 1.29 is 19.6 Å². The number of ether oxygens (including phenoxy) is 1. The van der Waals surface area contributed by atoms with Crippen molar-refractivity contribution in [1.29, 1.82) is 0 Å². The Labute approximate surface area is 121 Å². The first kappa shape index (κ1) is 14.7. The van der Waals surface area contributed by atoms with Crippen molar-refractivity contribution in [3.8, 4) is 0 Å². The fourth-order valence-corrected chi connectivity index (χ4v) is 2.54. The van der Waals surface area contributed by atoms with Crippen LogP contribution >= 0.6 is 15.9 Å². The predicted octanol–water partition coefficient (Wildman–Crippen LogP) is 1.15. The van der Waals surface area contributed by atoms with E-state index >= 15 is 0 Å². The summed E-state index contributed by atoms with van der Waals surface area (Å²) in [6.07, 6.45) is 2.33. The average molecular weight is 347 g/mol. The number of hydrogen-bond donors (Lipinski definition) is 1. The van der Waals surface area contributed by atoms with Gasteiger partial charge in [0, 0.05) is 12.7 Å². The molecule has 1 aliphatic heterocycles. The van der Waals surface area contributed by atoms with E-state index in [2.05, 4.69) is 15.9 Å². The number of aromatic nitrogens is 1. The molecular weight excluding hydrogens is 336 g/mol. The molecule has 1 aliphatic rings. The average Bonchev–Trinajstić information content (AvgIpc) is 2.81. The minimum atomic E-state index is -1.01. The molecule has 9 heteroatoms. The molecule has 0 aromatic carbocycles. The van der Waals surface area contributed by atoms with Crippen molar-refractivity contribution in [3.05, 3.63) is 37.2 Å². The Bertz CT molecular complexity index is 613. The highest BCUT2D eigenvalue weighted by Crippen LogP contribution is 2.22. The number of aliphatic carboxylic acids is 1. The Kier molecular flexibility index (Phi) is 4.19. The van der Waals surface area contributed by atoms with Crippen LogP contribution in [0.15, 0.2) is 21.7 Å². The summed E-state index contributed by atoms with van der Waals surface area (Å²) in [4.78, 5) is 32.3. The van der Waals surface area contributed by atoms with Crippen LogP contribution in [-0.4, -0.2) is 32.8 Å². The normalized spacial score (nSPS) is 21.9. The van der Waals surface area contributed by atoms with Crippen LogP contribution in [0.5, 0.6) is 0 Å². The largest absolute Gasteiger partial charge is 0.479 e. The molecule has 8 nitrogen and oxygen atoms in total. The van der Waals surface area contributed by atoms with Gasteiger partial charge >= 0.3 is 11.7 Å². The smallest absolute Gasteiger partial charge is 0.333 e. The third kappa shape index (κ3) is 3.05. The SMILES string of the molecule is O=C(O)C1CCC(Cn2cc(Br)c(=O)c([N+](=O)[O-])c2)O1. The summed E-state index contributed by atoms with van der Waals surface area (Å²) in [5, 5.41) is 19.6. The molecule has 0 amide bonds. The zero-order valence-corrected chi connectivity index (χ0v) is 11.8. The summed E-state index contributed by atoms with van der Waals surface area (Å²) in [6.45, 7) is 0.253. The number of halogens is 1. The van der Waals surface area contributed by atoms with Crippen LogP contribution in [0.4, 0.5) is 5.69 Å². The molecule has 0 spiro atoms. The van der Waals surface area contributed by atoms with E-state index in [0.717, 1.165) is 6.20 Å². The van der Waals surface area contributed by atoms with Gasteiger partial charge in [-0.1, -0.05) is 0 Å². The van der Waals surface area contributed by atoms with Crippen molar-refractivity contribution in [3.63, 3.8) is 0 Å². The van der Waals surface area contributed by atoms with Crippen LogP contribution in [0.2, 0.25) is 0 Å². The van der Waals surface area contributed by atoms with Crippen LogP contribution in [0.1, 0.15) is 12.8 Å². The maximum absolute atomic E-state index is 11.5. The lowest BCUT2D eigenvalue weighted by atomic mass is 10.2. The van der Waals surface area contributed by atoms with Gasteiger partial charge in [-0.15, -0.1) is 0 Å². The van der Waals surface area contributed by atoms with Gasteiger partial charge in [0.25, 0.3) is 5.43 Å². The molecule has 1 aromatic rings. The second-order valence-electron chi connectivity index (χ2n) is 4.44. The first-order valence-corrected chi connectivity index (χ1v) is 6.60. The molecule has 1 aromatic heterocycles. The first-order valence-electron chi connectivity index (χ1n) is 5.80. The Morgan fingerprint density at radius 3 is 2.80 bits per heavy atom. The van der Waals surface area contributed by atoms with E-state index in [1.165, 1.54) is 10.8 Å². The molecule has 0 bridgehead atoms. The number of carbonyl (C=O) groups is 1. The highest BCUT2D eigenvalue weighted by molar-refractivity contribution is 9.10. The summed E-state index contributed by atoms with van der Waals surface area (Å²) in [5.41, 5.74) is -1.23. The van der Waals surface area contributed by atoms with Gasteiger partial charge in [-0.05, 0) is 28.8 Å². The standard InChI is InChI=1S/C11H11BrN2O6/c12-7-4-13(5-8(10(7)15)14(18)19)3-6-1-2-9(20-6)11(16)17/h4-6,9H,1-3H2,(H,16,17).